The number of hydrogen-bond donors (Lipinski definition) is 2. The Kier molecular flexibility index (Phi) is 8.54. The fourth-order valence-electron chi connectivity index (χ4n) is 2.94. The number of benzene rings is 2. The maximum Gasteiger partial charge on any atom is 0.238 e. The molecule has 5 nitrogen and oxygen atoms in total. The summed E-state index contributed by atoms with van der Waals surface area (Å²) in [5, 5.41) is 5.97. The van der Waals surface area contributed by atoms with E-state index >= 15 is 0 Å². The number of carbonyl (C=O) groups excluding carboxylic acids is 2. The lowest BCUT2D eigenvalue weighted by Crippen LogP contribution is -2.40. The van der Waals surface area contributed by atoms with Gasteiger partial charge in [0.05, 0.1) is 24.8 Å². The topological polar surface area (TPSA) is 61.4 Å². The highest BCUT2D eigenvalue weighted by Crippen LogP contribution is 2.24. The molecule has 0 spiro atoms. The molecule has 150 valence electrons. The van der Waals surface area contributed by atoms with Crippen molar-refractivity contribution < 1.29 is 9.59 Å². The maximum atomic E-state index is 12.4. The summed E-state index contributed by atoms with van der Waals surface area (Å²) in [5.74, 6) is -0.227. The van der Waals surface area contributed by atoms with Crippen molar-refractivity contribution in [3.05, 3.63) is 59.7 Å². The number of thioether (sulfide) groups is 1. The van der Waals surface area contributed by atoms with Gasteiger partial charge in [-0.25, -0.2) is 0 Å². The third kappa shape index (κ3) is 6.69. The molecule has 2 N–H and O–H groups in total. The molecule has 0 aliphatic rings. The van der Waals surface area contributed by atoms with Crippen LogP contribution in [0.4, 0.5) is 5.69 Å². The second-order valence-corrected chi connectivity index (χ2v) is 7.71. The van der Waals surface area contributed by atoms with E-state index < -0.39 is 0 Å². The molecule has 2 amide bonds. The van der Waals surface area contributed by atoms with E-state index in [9.17, 15) is 9.59 Å². The minimum Gasteiger partial charge on any atom is -0.348 e. The fraction of sp³-hybridized carbons (Fsp3) is 0.364. The van der Waals surface area contributed by atoms with Gasteiger partial charge in [-0.1, -0.05) is 48.9 Å². The molecule has 0 fully saturated rings. The first-order chi connectivity index (χ1) is 13.4. The highest BCUT2D eigenvalue weighted by atomic mass is 32.2. The third-order valence-corrected chi connectivity index (χ3v) is 5.23. The van der Waals surface area contributed by atoms with Crippen LogP contribution in [0.15, 0.2) is 53.4 Å². The Balaban J connectivity index is 1.85. The lowest BCUT2D eigenvalue weighted by Gasteiger charge is -2.21. The molecule has 0 unspecified atom stereocenters. The van der Waals surface area contributed by atoms with Crippen molar-refractivity contribution in [3.8, 4) is 0 Å². The van der Waals surface area contributed by atoms with Crippen molar-refractivity contribution in [3.63, 3.8) is 0 Å². The van der Waals surface area contributed by atoms with Crippen molar-refractivity contribution in [2.75, 3.05) is 31.7 Å². The van der Waals surface area contributed by atoms with E-state index in [2.05, 4.69) is 10.6 Å². The minimum absolute atomic E-state index is 0.0243. The second-order valence-electron chi connectivity index (χ2n) is 6.86. The summed E-state index contributed by atoms with van der Waals surface area (Å²) < 4.78 is 0. The van der Waals surface area contributed by atoms with Crippen LogP contribution in [0.25, 0.3) is 0 Å². The molecule has 0 saturated heterocycles. The molecular formula is C22H29N3O2S. The van der Waals surface area contributed by atoms with Crippen LogP contribution in [0.1, 0.15) is 30.5 Å². The molecule has 0 aliphatic heterocycles. The van der Waals surface area contributed by atoms with Crippen LogP contribution in [0.3, 0.4) is 0 Å². The van der Waals surface area contributed by atoms with Crippen LogP contribution in [0.2, 0.25) is 0 Å². The highest BCUT2D eigenvalue weighted by Gasteiger charge is 2.16. The number of carbonyl (C=O) groups is 2. The van der Waals surface area contributed by atoms with Crippen molar-refractivity contribution in [2.24, 2.45) is 0 Å². The second kappa shape index (κ2) is 10.9. The molecule has 2 aromatic rings. The maximum absolute atomic E-state index is 12.4. The van der Waals surface area contributed by atoms with E-state index in [4.69, 9.17) is 0 Å². The molecule has 6 heteroatoms. The summed E-state index contributed by atoms with van der Waals surface area (Å²) in [6, 6.07) is 15.8. The van der Waals surface area contributed by atoms with Gasteiger partial charge in [-0.3, -0.25) is 14.5 Å². The summed E-state index contributed by atoms with van der Waals surface area (Å²) in [7, 11) is 1.77. The SMILES string of the molecule is CC[C@@H](NC(=O)CN(C)CC(=O)Nc1ccccc1SC)c1ccc(C)cc1. The van der Waals surface area contributed by atoms with Crippen molar-refractivity contribution >= 4 is 29.3 Å². The van der Waals surface area contributed by atoms with Gasteiger partial charge in [-0.05, 0) is 44.3 Å². The zero-order chi connectivity index (χ0) is 20.5. The highest BCUT2D eigenvalue weighted by molar-refractivity contribution is 7.98. The van der Waals surface area contributed by atoms with E-state index in [0.29, 0.717) is 0 Å². The number of amides is 2. The minimum atomic E-state index is -0.137. The van der Waals surface area contributed by atoms with Gasteiger partial charge < -0.3 is 10.6 Å². The van der Waals surface area contributed by atoms with Gasteiger partial charge in [0.1, 0.15) is 0 Å². The first-order valence-electron chi connectivity index (χ1n) is 9.40. The molecule has 0 aliphatic carbocycles. The summed E-state index contributed by atoms with van der Waals surface area (Å²) in [6.45, 7) is 4.41. The van der Waals surface area contributed by atoms with E-state index in [0.717, 1.165) is 22.6 Å². The average Bonchev–Trinajstić information content (AvgIpc) is 2.67. The van der Waals surface area contributed by atoms with Crippen molar-refractivity contribution in [1.29, 1.82) is 0 Å². The first kappa shape index (κ1) is 22.0. The Bertz CT molecular complexity index is 793. The number of nitrogens with zero attached hydrogens (tertiary/aromatic N) is 1. The zero-order valence-electron chi connectivity index (χ0n) is 17.0. The quantitative estimate of drug-likeness (QED) is 0.629. The number of anilines is 1. The fourth-order valence-corrected chi connectivity index (χ4v) is 3.50. The Morgan fingerprint density at radius 3 is 2.32 bits per heavy atom. The molecule has 0 radical (unpaired) electrons. The Hall–Kier alpha value is -2.31. The number of nitrogens with one attached hydrogen (secondary N) is 2. The van der Waals surface area contributed by atoms with Crippen LogP contribution in [0.5, 0.6) is 0 Å². The molecule has 28 heavy (non-hydrogen) atoms. The van der Waals surface area contributed by atoms with Gasteiger partial charge in [-0.2, -0.15) is 0 Å². The van der Waals surface area contributed by atoms with E-state index in [1.165, 1.54) is 5.56 Å². The summed E-state index contributed by atoms with van der Waals surface area (Å²) >= 11 is 1.58. The van der Waals surface area contributed by atoms with Crippen LogP contribution in [-0.2, 0) is 9.59 Å². The van der Waals surface area contributed by atoms with Crippen LogP contribution in [-0.4, -0.2) is 43.1 Å². The lowest BCUT2D eigenvalue weighted by atomic mass is 10.0. The predicted octanol–water partition coefficient (Wildman–Crippen LogP) is 3.85. The van der Waals surface area contributed by atoms with Crippen LogP contribution in [0, 0.1) is 6.92 Å². The predicted molar refractivity (Wildman–Crippen MR) is 117 cm³/mol. The Morgan fingerprint density at radius 2 is 1.68 bits per heavy atom. The normalized spacial score (nSPS) is 11.9. The van der Waals surface area contributed by atoms with Gasteiger partial charge in [-0.15, -0.1) is 11.8 Å². The first-order valence-corrected chi connectivity index (χ1v) is 10.6. The average molecular weight is 400 g/mol. The number of para-hydroxylation sites is 1. The van der Waals surface area contributed by atoms with Gasteiger partial charge in [0.15, 0.2) is 0 Å². The summed E-state index contributed by atoms with van der Waals surface area (Å²) in [5.41, 5.74) is 3.08. The molecular weight excluding hydrogens is 370 g/mol. The van der Waals surface area contributed by atoms with Crippen molar-refractivity contribution in [2.45, 2.75) is 31.2 Å². The summed E-state index contributed by atoms with van der Waals surface area (Å²) in [6.07, 6.45) is 2.78. The number of likely N-dealkylation sites (N-methyl/N-ethyl adjacent to an activating group) is 1. The van der Waals surface area contributed by atoms with Gasteiger partial charge >= 0.3 is 0 Å². The summed E-state index contributed by atoms with van der Waals surface area (Å²) in [4.78, 5) is 27.5. The number of aryl methyl sites for hydroxylation is 1. The molecule has 1 atom stereocenters. The smallest absolute Gasteiger partial charge is 0.238 e. The van der Waals surface area contributed by atoms with Crippen molar-refractivity contribution in [1.82, 2.24) is 10.2 Å². The Labute approximate surface area is 171 Å². The molecule has 0 heterocycles. The van der Waals surface area contributed by atoms with Crippen LogP contribution < -0.4 is 10.6 Å². The number of rotatable bonds is 9. The largest absolute Gasteiger partial charge is 0.348 e. The van der Waals surface area contributed by atoms with E-state index in [1.807, 2.05) is 68.6 Å². The molecule has 0 bridgehead atoms. The molecule has 2 aromatic carbocycles. The monoisotopic (exact) mass is 399 g/mol. The van der Waals surface area contributed by atoms with E-state index in [1.54, 1.807) is 23.7 Å². The Morgan fingerprint density at radius 1 is 1.04 bits per heavy atom. The van der Waals surface area contributed by atoms with Gasteiger partial charge in [0.2, 0.25) is 11.8 Å². The zero-order valence-corrected chi connectivity index (χ0v) is 17.8. The van der Waals surface area contributed by atoms with Gasteiger partial charge in [0.25, 0.3) is 0 Å². The lowest BCUT2D eigenvalue weighted by molar-refractivity contribution is -0.123. The molecule has 2 rings (SSSR count). The van der Waals surface area contributed by atoms with Gasteiger partial charge in [0, 0.05) is 4.90 Å². The third-order valence-electron chi connectivity index (χ3n) is 4.43. The molecule has 0 aromatic heterocycles. The molecule has 0 saturated carbocycles. The number of hydrogen-bond acceptors (Lipinski definition) is 4. The van der Waals surface area contributed by atoms with E-state index in [-0.39, 0.29) is 30.9 Å². The van der Waals surface area contributed by atoms with Crippen LogP contribution >= 0.6 is 11.8 Å². The standard InChI is InChI=1S/C22H29N3O2S/c1-5-18(17-12-10-16(2)11-13-17)23-21(26)14-25(3)15-22(27)24-19-8-6-7-9-20(19)28-4/h6-13,18H,5,14-15H2,1-4H3,(H,23,26)(H,24,27)/t18-/m1/s1.